The normalized spacial score (nSPS) is 14.0. The Hall–Kier alpha value is -1.59. The number of halogens is 2. The zero-order chi connectivity index (χ0) is 15.0. The summed E-state index contributed by atoms with van der Waals surface area (Å²) in [4.78, 5) is -0.410. The SMILES string of the molecule is O=S(=O)(Nc1ccc2c(c1)CCC2)c1ccc(Cl)cc1F. The molecule has 110 valence electrons. The highest BCUT2D eigenvalue weighted by Crippen LogP contribution is 2.27. The second kappa shape index (κ2) is 5.31. The molecule has 1 N–H and O–H groups in total. The number of aryl methyl sites for hydroxylation is 2. The molecule has 0 atom stereocenters. The molecule has 3 nitrogen and oxygen atoms in total. The second-order valence-electron chi connectivity index (χ2n) is 5.02. The van der Waals surface area contributed by atoms with Crippen LogP contribution in [0.25, 0.3) is 0 Å². The molecule has 1 aliphatic rings. The van der Waals surface area contributed by atoms with Crippen LogP contribution < -0.4 is 4.72 Å². The minimum atomic E-state index is -3.96. The first kappa shape index (κ1) is 14.4. The standard InChI is InChI=1S/C15H13ClFNO2S/c16-12-5-7-15(14(17)9-12)21(19,20)18-13-6-4-10-2-1-3-11(10)8-13/h4-9,18H,1-3H2. The van der Waals surface area contributed by atoms with E-state index in [1.54, 1.807) is 6.07 Å². The van der Waals surface area contributed by atoms with Gasteiger partial charge in [0.2, 0.25) is 0 Å². The van der Waals surface area contributed by atoms with Crippen LogP contribution in [0.5, 0.6) is 0 Å². The van der Waals surface area contributed by atoms with Gasteiger partial charge in [0.25, 0.3) is 10.0 Å². The largest absolute Gasteiger partial charge is 0.280 e. The molecule has 0 heterocycles. The summed E-state index contributed by atoms with van der Waals surface area (Å²) in [6.45, 7) is 0. The van der Waals surface area contributed by atoms with Crippen molar-refractivity contribution >= 4 is 27.3 Å². The Morgan fingerprint density at radius 1 is 1.05 bits per heavy atom. The van der Waals surface area contributed by atoms with Crippen LogP contribution in [0.1, 0.15) is 17.5 Å². The lowest BCUT2D eigenvalue weighted by atomic mass is 10.1. The van der Waals surface area contributed by atoms with Crippen LogP contribution in [0.3, 0.4) is 0 Å². The number of rotatable bonds is 3. The van der Waals surface area contributed by atoms with Crippen LogP contribution in [0.4, 0.5) is 10.1 Å². The van der Waals surface area contributed by atoms with Crippen molar-refractivity contribution in [2.75, 3.05) is 4.72 Å². The molecule has 0 spiro atoms. The summed E-state index contributed by atoms with van der Waals surface area (Å²) in [6.07, 6.45) is 3.05. The summed E-state index contributed by atoms with van der Waals surface area (Å²) in [7, 11) is -3.96. The van der Waals surface area contributed by atoms with E-state index in [-0.39, 0.29) is 5.02 Å². The number of anilines is 1. The minimum absolute atomic E-state index is 0.156. The first-order valence-corrected chi connectivity index (χ1v) is 8.41. The maximum atomic E-state index is 13.8. The van der Waals surface area contributed by atoms with Gasteiger partial charge in [0.15, 0.2) is 0 Å². The van der Waals surface area contributed by atoms with E-state index in [1.807, 2.05) is 12.1 Å². The summed E-state index contributed by atoms with van der Waals surface area (Å²) in [5.41, 5.74) is 2.84. The molecule has 0 amide bonds. The molecule has 2 aromatic carbocycles. The summed E-state index contributed by atoms with van der Waals surface area (Å²) in [6, 6.07) is 8.93. The van der Waals surface area contributed by atoms with E-state index >= 15 is 0 Å². The average molecular weight is 326 g/mol. The van der Waals surface area contributed by atoms with Crippen molar-refractivity contribution in [2.45, 2.75) is 24.2 Å². The molecule has 0 saturated heterocycles. The topological polar surface area (TPSA) is 46.2 Å². The molecule has 0 unspecified atom stereocenters. The third-order valence-corrected chi connectivity index (χ3v) is 5.18. The van der Waals surface area contributed by atoms with E-state index in [9.17, 15) is 12.8 Å². The Morgan fingerprint density at radius 3 is 2.57 bits per heavy atom. The molecule has 0 aliphatic heterocycles. The average Bonchev–Trinajstić information content (AvgIpc) is 2.85. The first-order chi connectivity index (χ1) is 9.95. The van der Waals surface area contributed by atoms with Crippen LogP contribution >= 0.6 is 11.6 Å². The van der Waals surface area contributed by atoms with Crippen LogP contribution in [0, 0.1) is 5.82 Å². The van der Waals surface area contributed by atoms with Gasteiger partial charge in [0.05, 0.1) is 0 Å². The number of fused-ring (bicyclic) bond motifs is 1. The summed E-state index contributed by atoms with van der Waals surface area (Å²) >= 11 is 5.64. The number of hydrogen-bond donors (Lipinski definition) is 1. The van der Waals surface area contributed by atoms with Gasteiger partial charge in [-0.1, -0.05) is 17.7 Å². The Bertz CT molecular complexity index is 805. The van der Waals surface area contributed by atoms with Gasteiger partial charge in [-0.3, -0.25) is 4.72 Å². The highest BCUT2D eigenvalue weighted by molar-refractivity contribution is 7.92. The van der Waals surface area contributed by atoms with Gasteiger partial charge in [-0.2, -0.15) is 0 Å². The van der Waals surface area contributed by atoms with Crippen molar-refractivity contribution in [3.63, 3.8) is 0 Å². The third-order valence-electron chi connectivity index (χ3n) is 3.53. The monoisotopic (exact) mass is 325 g/mol. The van der Waals surface area contributed by atoms with Crippen LogP contribution in [-0.4, -0.2) is 8.42 Å². The van der Waals surface area contributed by atoms with E-state index in [0.717, 1.165) is 37.0 Å². The van der Waals surface area contributed by atoms with Gasteiger partial charge in [-0.15, -0.1) is 0 Å². The maximum Gasteiger partial charge on any atom is 0.264 e. The molecule has 0 fully saturated rings. The van der Waals surface area contributed by atoms with Gasteiger partial charge in [0.1, 0.15) is 10.7 Å². The minimum Gasteiger partial charge on any atom is -0.280 e. The Labute approximate surface area is 127 Å². The van der Waals surface area contributed by atoms with Crippen molar-refractivity contribution in [2.24, 2.45) is 0 Å². The van der Waals surface area contributed by atoms with Crippen LogP contribution in [0.15, 0.2) is 41.3 Å². The lowest BCUT2D eigenvalue weighted by Gasteiger charge is -2.10. The number of hydrogen-bond acceptors (Lipinski definition) is 2. The Morgan fingerprint density at radius 2 is 1.81 bits per heavy atom. The molecular weight excluding hydrogens is 313 g/mol. The number of nitrogens with one attached hydrogen (secondary N) is 1. The molecule has 0 bridgehead atoms. The van der Waals surface area contributed by atoms with Crippen molar-refractivity contribution in [3.8, 4) is 0 Å². The summed E-state index contributed by atoms with van der Waals surface area (Å²) in [5.74, 6) is -0.865. The van der Waals surface area contributed by atoms with E-state index in [2.05, 4.69) is 4.72 Å². The second-order valence-corrected chi connectivity index (χ2v) is 7.10. The lowest BCUT2D eigenvalue weighted by molar-refractivity contribution is 0.570. The zero-order valence-corrected chi connectivity index (χ0v) is 12.6. The first-order valence-electron chi connectivity index (χ1n) is 6.55. The van der Waals surface area contributed by atoms with Crippen molar-refractivity contribution < 1.29 is 12.8 Å². The molecular formula is C15H13ClFNO2S. The van der Waals surface area contributed by atoms with Crippen molar-refractivity contribution in [3.05, 3.63) is 58.4 Å². The molecule has 2 aromatic rings. The predicted molar refractivity (Wildman–Crippen MR) is 80.7 cm³/mol. The molecule has 0 saturated carbocycles. The van der Waals surface area contributed by atoms with Gasteiger partial charge in [0, 0.05) is 10.7 Å². The predicted octanol–water partition coefficient (Wildman–Crippen LogP) is 3.77. The fourth-order valence-electron chi connectivity index (χ4n) is 2.54. The molecule has 3 rings (SSSR count). The highest BCUT2D eigenvalue weighted by Gasteiger charge is 2.20. The third kappa shape index (κ3) is 2.89. The molecule has 0 aromatic heterocycles. The smallest absolute Gasteiger partial charge is 0.264 e. The van der Waals surface area contributed by atoms with E-state index in [0.29, 0.717) is 5.69 Å². The molecule has 0 radical (unpaired) electrons. The highest BCUT2D eigenvalue weighted by atomic mass is 35.5. The van der Waals surface area contributed by atoms with Crippen LogP contribution in [-0.2, 0) is 22.9 Å². The Balaban J connectivity index is 1.92. The quantitative estimate of drug-likeness (QED) is 0.933. The Kier molecular flexibility index (Phi) is 3.63. The molecule has 21 heavy (non-hydrogen) atoms. The molecule has 6 heteroatoms. The number of sulfonamides is 1. The van der Waals surface area contributed by atoms with Crippen LogP contribution in [0.2, 0.25) is 5.02 Å². The fourth-order valence-corrected chi connectivity index (χ4v) is 3.81. The fraction of sp³-hybridized carbons (Fsp3) is 0.200. The van der Waals surface area contributed by atoms with E-state index in [4.69, 9.17) is 11.6 Å². The van der Waals surface area contributed by atoms with E-state index in [1.165, 1.54) is 11.6 Å². The zero-order valence-electron chi connectivity index (χ0n) is 11.1. The van der Waals surface area contributed by atoms with Gasteiger partial charge in [-0.05, 0) is 60.7 Å². The van der Waals surface area contributed by atoms with Crippen molar-refractivity contribution in [1.82, 2.24) is 0 Å². The van der Waals surface area contributed by atoms with E-state index < -0.39 is 20.7 Å². The lowest BCUT2D eigenvalue weighted by Crippen LogP contribution is -2.14. The van der Waals surface area contributed by atoms with Gasteiger partial charge in [-0.25, -0.2) is 12.8 Å². The summed E-state index contributed by atoms with van der Waals surface area (Å²) in [5, 5.41) is 0.156. The van der Waals surface area contributed by atoms with Gasteiger partial charge < -0.3 is 0 Å². The maximum absolute atomic E-state index is 13.8. The summed E-state index contributed by atoms with van der Waals surface area (Å²) < 4.78 is 40.7. The van der Waals surface area contributed by atoms with Gasteiger partial charge >= 0.3 is 0 Å². The van der Waals surface area contributed by atoms with Crippen molar-refractivity contribution in [1.29, 1.82) is 0 Å². The molecule has 1 aliphatic carbocycles. The number of benzene rings is 2.